The van der Waals surface area contributed by atoms with Crippen LogP contribution in [0.5, 0.6) is 0 Å². The van der Waals surface area contributed by atoms with Crippen LogP contribution in [0.4, 0.5) is 0 Å². The van der Waals surface area contributed by atoms with Crippen molar-refractivity contribution < 1.29 is 108 Å². The summed E-state index contributed by atoms with van der Waals surface area (Å²) in [6, 6.07) is -4.44. The number of rotatable bonds is 45. The molecule has 11 amide bonds. The van der Waals surface area contributed by atoms with E-state index in [4.69, 9.17) is 37.5 Å². The minimum Gasteiger partial charge on any atom is -0.481 e. The molecule has 2 saturated heterocycles. The maximum atomic E-state index is 14.2. The van der Waals surface area contributed by atoms with Gasteiger partial charge in [0, 0.05) is 70.0 Å². The molecule has 2 aliphatic rings. The van der Waals surface area contributed by atoms with E-state index >= 15 is 0 Å². The SMILES string of the molecule is CCC(=O)C(NC(=O)C1CCCC(NC(=O)CNCCC(=O)CCC(=O)O)C(=O)NC(CCCN=C(N)N)C(=O)NC(Cc2ccccc2)C(=O)NCC(=O)NC(C(C)O)C(=O)N1)C(C)O.CCCNCCOCCOCC(=O)CCCCNC1CCCC(CN)NC(=O)C(C(C)CC)NC(=O)C(CCCCN)NC(=O)C(CO)NC1=O.[HH].[HH].[HH].[HH]. The Bertz CT molecular complexity index is 3310. The molecule has 3 rings (SSSR count). The number of ether oxygens (including phenoxy) is 2. The molecule has 14 unspecified atom stereocenters. The van der Waals surface area contributed by atoms with E-state index < -0.39 is 163 Å². The van der Waals surface area contributed by atoms with Crippen LogP contribution in [0.1, 0.15) is 181 Å². The lowest BCUT2D eigenvalue weighted by atomic mass is 9.96. The molecule has 2 heterocycles. The third kappa shape index (κ3) is 44.2. The van der Waals surface area contributed by atoms with E-state index in [1.807, 2.05) is 13.8 Å². The predicted octanol–water partition coefficient (Wildman–Crippen LogP) is -4.40. The summed E-state index contributed by atoms with van der Waals surface area (Å²) in [4.78, 5) is 201. The molecule has 0 aromatic heterocycles. The third-order valence-corrected chi connectivity index (χ3v) is 19.2. The summed E-state index contributed by atoms with van der Waals surface area (Å²) in [7, 11) is 0. The molecular formula is C77H141N19O21. The Kier molecular flexibility index (Phi) is 53.5. The molecule has 0 radical (unpaired) electrons. The van der Waals surface area contributed by atoms with Crippen molar-refractivity contribution >= 4 is 94.3 Å². The van der Waals surface area contributed by atoms with Crippen molar-refractivity contribution in [3.05, 3.63) is 35.9 Å². The average molecular weight is 1670 g/mol. The number of unbranched alkanes of at least 4 members (excludes halogenated alkanes) is 2. The van der Waals surface area contributed by atoms with Gasteiger partial charge in [-0.1, -0.05) is 64.4 Å². The number of carboxylic acids is 1. The lowest BCUT2D eigenvalue weighted by molar-refractivity contribution is -0.138. The van der Waals surface area contributed by atoms with Gasteiger partial charge in [-0.15, -0.1) is 0 Å². The second kappa shape index (κ2) is 60.3. The number of guanidine groups is 1. The van der Waals surface area contributed by atoms with Crippen molar-refractivity contribution in [1.29, 1.82) is 0 Å². The quantitative estimate of drug-likeness (QED) is 0.0167. The normalized spacial score (nSPS) is 22.3. The molecule has 1 aromatic rings. The first-order chi connectivity index (χ1) is 55.8. The molecule has 2 fully saturated rings. The second-order valence-electron chi connectivity index (χ2n) is 29.0. The number of nitrogens with two attached hydrogens (primary N) is 4. The van der Waals surface area contributed by atoms with Gasteiger partial charge in [-0.2, -0.15) is 0 Å². The number of carbonyl (C=O) groups excluding carboxylic acids is 14. The van der Waals surface area contributed by atoms with E-state index in [1.54, 1.807) is 30.3 Å². The van der Waals surface area contributed by atoms with E-state index in [0.29, 0.717) is 96.3 Å². The lowest BCUT2D eigenvalue weighted by Gasteiger charge is -2.30. The van der Waals surface area contributed by atoms with Crippen LogP contribution >= 0.6 is 0 Å². The van der Waals surface area contributed by atoms with Gasteiger partial charge in [0.25, 0.3) is 0 Å². The zero-order chi connectivity index (χ0) is 87.2. The van der Waals surface area contributed by atoms with Gasteiger partial charge in [0.1, 0.15) is 66.8 Å². The van der Waals surface area contributed by atoms with Crippen LogP contribution in [-0.2, 0) is 87.8 Å². The van der Waals surface area contributed by atoms with Crippen LogP contribution in [0.2, 0.25) is 0 Å². The number of nitrogens with one attached hydrogen (secondary N) is 14. The Labute approximate surface area is 690 Å². The van der Waals surface area contributed by atoms with Crippen LogP contribution in [0, 0.1) is 5.92 Å². The molecule has 40 nitrogen and oxygen atoms in total. The second-order valence-corrected chi connectivity index (χ2v) is 29.0. The van der Waals surface area contributed by atoms with Crippen LogP contribution in [0.15, 0.2) is 35.3 Å². The highest BCUT2D eigenvalue weighted by atomic mass is 16.5. The van der Waals surface area contributed by atoms with Crippen LogP contribution < -0.4 is 97.4 Å². The largest absolute Gasteiger partial charge is 0.481 e. The number of amides is 11. The molecule has 0 bridgehead atoms. The first-order valence-electron chi connectivity index (χ1n) is 40.7. The summed E-state index contributed by atoms with van der Waals surface area (Å²) in [5, 5.41) is 77.6. The highest BCUT2D eigenvalue weighted by molar-refractivity contribution is 5.98. The van der Waals surface area contributed by atoms with E-state index in [0.717, 1.165) is 19.5 Å². The van der Waals surface area contributed by atoms with Crippen molar-refractivity contribution in [1.82, 2.24) is 74.4 Å². The lowest BCUT2D eigenvalue weighted by Crippen LogP contribution is -2.60. The molecular weight excluding hydrogens is 1530 g/mol. The number of carboxylic acid groups (broad SMARTS) is 1. The van der Waals surface area contributed by atoms with E-state index in [9.17, 15) is 87.2 Å². The van der Waals surface area contributed by atoms with Crippen molar-refractivity contribution in [3.63, 3.8) is 0 Å². The monoisotopic (exact) mass is 1670 g/mol. The minimum absolute atomic E-state index is 0. The number of aliphatic imine (C=N–C) groups is 1. The number of aliphatic carboxylic acids is 1. The molecule has 40 heteroatoms. The van der Waals surface area contributed by atoms with Crippen LogP contribution in [-0.4, -0.2) is 285 Å². The third-order valence-electron chi connectivity index (χ3n) is 19.2. The van der Waals surface area contributed by atoms with E-state index in [-0.39, 0.29) is 138 Å². The Balaban J connectivity index is -0.00000230. The number of hydrogen-bond acceptors (Lipinski definition) is 26. The number of aliphatic hydroxyl groups excluding tert-OH is 3. The number of carbonyl (C=O) groups is 15. The van der Waals surface area contributed by atoms with Gasteiger partial charge in [-0.05, 0) is 135 Å². The summed E-state index contributed by atoms with van der Waals surface area (Å²) in [5.74, 6) is -10.8. The highest BCUT2D eigenvalue weighted by Gasteiger charge is 2.37. The number of aliphatic hydroxyl groups is 3. The molecule has 117 heavy (non-hydrogen) atoms. The number of nitrogens with zero attached hydrogens (tertiary/aromatic N) is 1. The molecule has 1 aromatic carbocycles. The Morgan fingerprint density at radius 2 is 1.24 bits per heavy atom. The Morgan fingerprint density at radius 1 is 0.607 bits per heavy atom. The van der Waals surface area contributed by atoms with Gasteiger partial charge in [0.15, 0.2) is 17.5 Å². The number of benzene rings is 1. The first kappa shape index (κ1) is 104. The van der Waals surface area contributed by atoms with Crippen molar-refractivity contribution in [2.45, 2.75) is 255 Å². The molecule has 2 aliphatic heterocycles. The van der Waals surface area contributed by atoms with Crippen molar-refractivity contribution in [2.24, 2.45) is 33.8 Å². The van der Waals surface area contributed by atoms with Gasteiger partial charge in [-0.25, -0.2) is 0 Å². The molecule has 670 valence electrons. The fraction of sp³-hybridized carbons (Fsp3) is 0.714. The van der Waals surface area contributed by atoms with Crippen molar-refractivity contribution in [2.75, 3.05) is 91.9 Å². The van der Waals surface area contributed by atoms with Crippen LogP contribution in [0.3, 0.4) is 0 Å². The zero-order valence-electron chi connectivity index (χ0n) is 68.7. The maximum Gasteiger partial charge on any atom is 0.303 e. The summed E-state index contributed by atoms with van der Waals surface area (Å²) in [6.07, 6.45) is 1.77. The average Bonchev–Trinajstić information content (AvgIpc) is 0.898. The van der Waals surface area contributed by atoms with Gasteiger partial charge in [-0.3, -0.25) is 76.9 Å². The van der Waals surface area contributed by atoms with Gasteiger partial charge in [0.05, 0.1) is 64.2 Å². The molecule has 0 spiro atoms. The van der Waals surface area contributed by atoms with Gasteiger partial charge in [0.2, 0.25) is 65.0 Å². The summed E-state index contributed by atoms with van der Waals surface area (Å²) in [6.45, 7) is 12.2. The minimum atomic E-state index is -1.69. The summed E-state index contributed by atoms with van der Waals surface area (Å²) >= 11 is 0. The fourth-order valence-corrected chi connectivity index (χ4v) is 12.1. The first-order valence-corrected chi connectivity index (χ1v) is 40.7. The predicted molar refractivity (Wildman–Crippen MR) is 441 cm³/mol. The molecule has 14 atom stereocenters. The zero-order valence-corrected chi connectivity index (χ0v) is 68.7. The molecule has 0 saturated carbocycles. The van der Waals surface area contributed by atoms with E-state index in [2.05, 4.69) is 86.4 Å². The van der Waals surface area contributed by atoms with E-state index in [1.165, 1.54) is 20.8 Å². The summed E-state index contributed by atoms with van der Waals surface area (Å²) < 4.78 is 10.9. The molecule has 0 aliphatic carbocycles. The highest BCUT2D eigenvalue weighted by Crippen LogP contribution is 2.16. The Hall–Kier alpha value is -9.26. The number of Topliss-reactive ketones (excluding diaryl/α,β-unsaturated/α-hetero) is 3. The standard InChI is InChI=1S/C42H65N11O13.C35H68N8O8.4H2/c1-4-31(57)35(23(2)54)53-40(65)28-13-8-12-27(48-32(58)21-45-19-17-26(56)15-16-34(60)61)38(63)49-29(14-9-18-46-42(43)44)39(64)51-30(20-25-10-6-5-7-11-25)37(62)47-22-33(59)52-36(24(3)55)41(66)50-28;1-4-16-38-18-19-50-20-21-51-24-27(45)12-7-9-17-39-28-14-10-11-26(22-37)40-35(49)31(25(3)5-2)43-33(47)29(13-6-8-15-36)41-34(48)30(23-44)42-32(28)46;;;;/h5-7,10-11,23-24,27-30,35-36,45,54-55H,4,8-9,12-22H2,1-3H3,(H,47,62)(H,48,58)(H,49,63)(H,50,66)(H,51,64)(H,52,59)(H,53,65)(H,60,61)(H4,43,44,46);25-26,28-31,38-39,44H,4-24,36-37H2,1-3H3,(H,40,49)(H,41,48)(H,42,46)(H,43,47);4*1H. The van der Waals surface area contributed by atoms with Gasteiger partial charge >= 0.3 is 5.97 Å². The molecule has 26 N–H and O–H groups in total. The van der Waals surface area contributed by atoms with Crippen molar-refractivity contribution in [3.8, 4) is 0 Å². The maximum absolute atomic E-state index is 14.2. The summed E-state index contributed by atoms with van der Waals surface area (Å²) in [5.41, 5.74) is 23.2. The van der Waals surface area contributed by atoms with Gasteiger partial charge < -0.3 is 127 Å². The number of ketones is 3. The van der Waals surface area contributed by atoms with Crippen LogP contribution in [0.25, 0.3) is 0 Å². The smallest absolute Gasteiger partial charge is 0.303 e. The Morgan fingerprint density at radius 3 is 1.88 bits per heavy atom. The number of hydrogen-bond donors (Lipinski definition) is 22. The fourth-order valence-electron chi connectivity index (χ4n) is 12.1. The topological polar surface area (TPSA) is 640 Å².